The van der Waals surface area contributed by atoms with Crippen molar-refractivity contribution in [1.29, 1.82) is 0 Å². The molecular formula is C14H13ClN2O2. The Kier molecular flexibility index (Phi) is 3.62. The number of benzene rings is 2. The number of halogens is 1. The number of nitrogens with two attached hydrogens (primary N) is 1. The van der Waals surface area contributed by atoms with E-state index in [-0.39, 0.29) is 10.6 Å². The Balaban J connectivity index is 2.51. The smallest absolute Gasteiger partial charge is 0.337 e. The first kappa shape index (κ1) is 13.2. The first-order chi connectivity index (χ1) is 8.99. The topological polar surface area (TPSA) is 75.3 Å². The number of anilines is 3. The lowest BCUT2D eigenvalue weighted by Crippen LogP contribution is -2.05. The molecule has 0 aliphatic rings. The van der Waals surface area contributed by atoms with Gasteiger partial charge in [0.05, 0.1) is 16.3 Å². The van der Waals surface area contributed by atoms with Crippen LogP contribution < -0.4 is 11.1 Å². The van der Waals surface area contributed by atoms with Gasteiger partial charge < -0.3 is 16.2 Å². The van der Waals surface area contributed by atoms with Crippen LogP contribution in [0.25, 0.3) is 0 Å². The van der Waals surface area contributed by atoms with Crippen LogP contribution in [0.3, 0.4) is 0 Å². The number of aromatic carboxylic acids is 1. The molecule has 0 radical (unpaired) electrons. The van der Waals surface area contributed by atoms with E-state index >= 15 is 0 Å². The fourth-order valence-corrected chi connectivity index (χ4v) is 2.05. The summed E-state index contributed by atoms with van der Waals surface area (Å²) in [7, 11) is 0. The largest absolute Gasteiger partial charge is 0.478 e. The summed E-state index contributed by atoms with van der Waals surface area (Å²) in [4.78, 5) is 11.2. The molecule has 0 aromatic heterocycles. The molecule has 0 heterocycles. The van der Waals surface area contributed by atoms with Gasteiger partial charge in [0, 0.05) is 11.4 Å². The lowest BCUT2D eigenvalue weighted by atomic mass is 10.1. The number of rotatable bonds is 3. The molecule has 0 aliphatic heterocycles. The van der Waals surface area contributed by atoms with Crippen molar-refractivity contribution in [3.63, 3.8) is 0 Å². The molecule has 0 amide bonds. The van der Waals surface area contributed by atoms with Gasteiger partial charge in [0.1, 0.15) is 0 Å². The second kappa shape index (κ2) is 5.20. The molecule has 2 rings (SSSR count). The van der Waals surface area contributed by atoms with Crippen molar-refractivity contribution in [1.82, 2.24) is 0 Å². The number of carbonyl (C=O) groups is 1. The molecule has 0 saturated carbocycles. The number of hydrogen-bond acceptors (Lipinski definition) is 3. The van der Waals surface area contributed by atoms with E-state index in [1.807, 2.05) is 31.2 Å². The van der Waals surface area contributed by atoms with Crippen molar-refractivity contribution in [3.05, 3.63) is 52.5 Å². The van der Waals surface area contributed by atoms with E-state index in [1.165, 1.54) is 12.1 Å². The number of nitrogens with one attached hydrogen (secondary N) is 1. The normalized spacial score (nSPS) is 10.2. The van der Waals surface area contributed by atoms with Gasteiger partial charge >= 0.3 is 5.97 Å². The van der Waals surface area contributed by atoms with Crippen LogP contribution in [0.5, 0.6) is 0 Å². The zero-order valence-corrected chi connectivity index (χ0v) is 11.0. The van der Waals surface area contributed by atoms with Crippen molar-refractivity contribution in [2.75, 3.05) is 11.1 Å². The molecule has 2 aromatic rings. The molecule has 0 spiro atoms. The quantitative estimate of drug-likeness (QED) is 0.748. The summed E-state index contributed by atoms with van der Waals surface area (Å²) in [6, 6.07) is 10.5. The van der Waals surface area contributed by atoms with Gasteiger partial charge in [-0.15, -0.1) is 0 Å². The molecule has 0 unspecified atom stereocenters. The van der Waals surface area contributed by atoms with Crippen LogP contribution in [0.15, 0.2) is 36.4 Å². The molecule has 0 fully saturated rings. The molecule has 0 saturated heterocycles. The maximum Gasteiger partial charge on any atom is 0.337 e. The van der Waals surface area contributed by atoms with Gasteiger partial charge in [0.2, 0.25) is 0 Å². The highest BCUT2D eigenvalue weighted by Gasteiger charge is 2.15. The maximum atomic E-state index is 11.2. The monoisotopic (exact) mass is 276 g/mol. The molecule has 0 bridgehead atoms. The Bertz CT molecular complexity index is 641. The molecule has 0 atom stereocenters. The number of hydrogen-bond donors (Lipinski definition) is 3. The predicted octanol–water partition coefficient (Wildman–Crippen LogP) is 3.67. The number of aryl methyl sites for hydroxylation is 1. The molecule has 4 nitrogen and oxygen atoms in total. The second-order valence-corrected chi connectivity index (χ2v) is 4.58. The molecule has 2 aromatic carbocycles. The molecule has 4 N–H and O–H groups in total. The minimum absolute atomic E-state index is 0.0493. The minimum Gasteiger partial charge on any atom is -0.478 e. The summed E-state index contributed by atoms with van der Waals surface area (Å²) < 4.78 is 0. The Labute approximate surface area is 115 Å². The molecule has 0 aliphatic carbocycles. The maximum absolute atomic E-state index is 11.2. The number of nitrogen functional groups attached to an aromatic ring is 1. The van der Waals surface area contributed by atoms with Crippen molar-refractivity contribution < 1.29 is 9.90 Å². The Morgan fingerprint density at radius 3 is 2.63 bits per heavy atom. The summed E-state index contributed by atoms with van der Waals surface area (Å²) in [5.74, 6) is -1.08. The van der Waals surface area contributed by atoms with Crippen molar-refractivity contribution in [2.45, 2.75) is 6.92 Å². The van der Waals surface area contributed by atoms with Gasteiger partial charge in [-0.2, -0.15) is 0 Å². The van der Waals surface area contributed by atoms with Gasteiger partial charge in [0.15, 0.2) is 0 Å². The summed E-state index contributed by atoms with van der Waals surface area (Å²) in [6.07, 6.45) is 0. The fourth-order valence-electron chi connectivity index (χ4n) is 1.77. The second-order valence-electron chi connectivity index (χ2n) is 4.17. The van der Waals surface area contributed by atoms with Crippen LogP contribution in [0.2, 0.25) is 5.02 Å². The highest BCUT2D eigenvalue weighted by molar-refractivity contribution is 6.34. The van der Waals surface area contributed by atoms with Crippen LogP contribution in [0.4, 0.5) is 17.1 Å². The molecule has 98 valence electrons. The van der Waals surface area contributed by atoms with E-state index in [2.05, 4.69) is 5.32 Å². The summed E-state index contributed by atoms with van der Waals surface area (Å²) in [5, 5.41) is 12.5. The zero-order valence-electron chi connectivity index (χ0n) is 10.3. The van der Waals surface area contributed by atoms with Crippen LogP contribution in [-0.4, -0.2) is 11.1 Å². The van der Waals surface area contributed by atoms with E-state index in [4.69, 9.17) is 17.3 Å². The van der Waals surface area contributed by atoms with Crippen LogP contribution >= 0.6 is 11.6 Å². The minimum atomic E-state index is -1.08. The van der Waals surface area contributed by atoms with Gasteiger partial charge in [0.25, 0.3) is 0 Å². The number of carboxylic acids is 1. The van der Waals surface area contributed by atoms with Gasteiger partial charge in [-0.25, -0.2) is 4.79 Å². The van der Waals surface area contributed by atoms with Gasteiger partial charge in [-0.3, -0.25) is 0 Å². The SMILES string of the molecule is Cc1ccccc1Nc1c(Cl)cc(N)cc1C(=O)O. The Hall–Kier alpha value is -2.20. The van der Waals surface area contributed by atoms with Crippen molar-refractivity contribution in [3.8, 4) is 0 Å². The number of para-hydroxylation sites is 1. The standard InChI is InChI=1S/C14H13ClN2O2/c1-8-4-2-3-5-12(8)17-13-10(14(18)19)6-9(16)7-11(13)15/h2-7,17H,16H2,1H3,(H,18,19). The van der Waals surface area contributed by atoms with Gasteiger partial charge in [-0.1, -0.05) is 29.8 Å². The van der Waals surface area contributed by atoms with Crippen molar-refractivity contribution >= 4 is 34.6 Å². The lowest BCUT2D eigenvalue weighted by Gasteiger charge is -2.14. The Morgan fingerprint density at radius 2 is 2.00 bits per heavy atom. The van der Waals surface area contributed by atoms with Crippen LogP contribution in [0.1, 0.15) is 15.9 Å². The van der Waals surface area contributed by atoms with E-state index in [1.54, 1.807) is 0 Å². The summed E-state index contributed by atoms with van der Waals surface area (Å²) >= 11 is 6.08. The summed E-state index contributed by atoms with van der Waals surface area (Å²) in [6.45, 7) is 1.92. The average Bonchev–Trinajstić information content (AvgIpc) is 2.34. The fraction of sp³-hybridized carbons (Fsp3) is 0.0714. The van der Waals surface area contributed by atoms with Crippen LogP contribution in [-0.2, 0) is 0 Å². The first-order valence-corrected chi connectivity index (χ1v) is 6.02. The highest BCUT2D eigenvalue weighted by Crippen LogP contribution is 2.32. The van der Waals surface area contributed by atoms with E-state index < -0.39 is 5.97 Å². The first-order valence-electron chi connectivity index (χ1n) is 5.64. The average molecular weight is 277 g/mol. The third-order valence-electron chi connectivity index (χ3n) is 2.75. The molecule has 19 heavy (non-hydrogen) atoms. The highest BCUT2D eigenvalue weighted by atomic mass is 35.5. The zero-order chi connectivity index (χ0) is 14.0. The molecule has 5 heteroatoms. The van der Waals surface area contributed by atoms with Gasteiger partial charge in [-0.05, 0) is 30.7 Å². The molecular weight excluding hydrogens is 264 g/mol. The third-order valence-corrected chi connectivity index (χ3v) is 3.05. The van der Waals surface area contributed by atoms with E-state index in [0.29, 0.717) is 11.4 Å². The predicted molar refractivity (Wildman–Crippen MR) is 77.3 cm³/mol. The number of carboxylic acid groups (broad SMARTS) is 1. The third kappa shape index (κ3) is 2.80. The van der Waals surface area contributed by atoms with Crippen molar-refractivity contribution in [2.24, 2.45) is 0 Å². The lowest BCUT2D eigenvalue weighted by molar-refractivity contribution is 0.0698. The van der Waals surface area contributed by atoms with E-state index in [0.717, 1.165) is 11.3 Å². The van der Waals surface area contributed by atoms with Crippen LogP contribution in [0, 0.1) is 6.92 Å². The van der Waals surface area contributed by atoms with E-state index in [9.17, 15) is 9.90 Å². The Morgan fingerprint density at radius 1 is 1.32 bits per heavy atom. The summed E-state index contributed by atoms with van der Waals surface area (Å²) in [5.41, 5.74) is 8.12.